The first-order valence-electron chi connectivity index (χ1n) is 8.91. The van der Waals surface area contributed by atoms with E-state index in [-0.39, 0.29) is 4.90 Å². The van der Waals surface area contributed by atoms with Gasteiger partial charge in [-0.05, 0) is 29.8 Å². The minimum absolute atomic E-state index is 0.0863. The average molecular weight is 408 g/mol. The summed E-state index contributed by atoms with van der Waals surface area (Å²) in [6, 6.07) is 14.5. The molecule has 4 N–H and O–H groups in total. The van der Waals surface area contributed by atoms with Crippen LogP contribution in [-0.4, -0.2) is 29.8 Å². The van der Waals surface area contributed by atoms with E-state index in [1.807, 2.05) is 42.0 Å². The second-order valence-electron chi connectivity index (χ2n) is 6.49. The Kier molecular flexibility index (Phi) is 4.91. The molecule has 0 aliphatic carbocycles. The lowest BCUT2D eigenvalue weighted by molar-refractivity contribution is 0.598. The topological polar surface area (TPSA) is 114 Å². The lowest BCUT2D eigenvalue weighted by atomic mass is 10.1. The number of anilines is 2. The van der Waals surface area contributed by atoms with Crippen LogP contribution in [0.2, 0.25) is 0 Å². The summed E-state index contributed by atoms with van der Waals surface area (Å²) in [5.41, 5.74) is 4.63. The number of nitrogens with zero attached hydrogens (tertiary/aromatic N) is 3. The van der Waals surface area contributed by atoms with Crippen LogP contribution < -0.4 is 15.8 Å². The van der Waals surface area contributed by atoms with Crippen molar-refractivity contribution in [3.8, 4) is 11.3 Å². The van der Waals surface area contributed by atoms with Crippen molar-refractivity contribution in [1.82, 2.24) is 14.4 Å². The molecule has 0 bridgehead atoms. The molecule has 0 aliphatic heterocycles. The molecule has 148 valence electrons. The predicted octanol–water partition coefficient (Wildman–Crippen LogP) is 2.70. The summed E-state index contributed by atoms with van der Waals surface area (Å²) in [5, 5.41) is 11.5. The van der Waals surface area contributed by atoms with Crippen LogP contribution in [0.3, 0.4) is 0 Å². The first-order chi connectivity index (χ1) is 14.0. The van der Waals surface area contributed by atoms with Gasteiger partial charge in [-0.15, -0.1) is 0 Å². The molecule has 2 heterocycles. The fourth-order valence-corrected chi connectivity index (χ4v) is 3.59. The van der Waals surface area contributed by atoms with Crippen LogP contribution in [0.15, 0.2) is 72.0 Å². The second kappa shape index (κ2) is 7.53. The Hall–Kier alpha value is -3.43. The number of hydrogen-bond acceptors (Lipinski definition) is 6. The SMILES string of the molecule is CNc1cccc(-c2cnc3c(NCc4ccc(S(N)(=O)=O)cc4)nccn23)c1. The van der Waals surface area contributed by atoms with Gasteiger partial charge >= 0.3 is 0 Å². The number of fused-ring (bicyclic) bond motifs is 1. The maximum absolute atomic E-state index is 11.4. The standard InChI is InChI=1S/C20H20N6O2S/c1-22-16-4-2-3-15(11-16)18-13-25-20-19(23-9-10-26(18)20)24-12-14-5-7-17(8-6-14)29(21,27)28/h2-11,13,22H,12H2,1H3,(H,23,24)(H2,21,27,28). The third kappa shape index (κ3) is 3.91. The van der Waals surface area contributed by atoms with Crippen molar-refractivity contribution in [2.75, 3.05) is 17.7 Å². The van der Waals surface area contributed by atoms with E-state index in [4.69, 9.17) is 5.14 Å². The molecular formula is C20H20N6O2S. The molecule has 9 heteroatoms. The van der Waals surface area contributed by atoms with Gasteiger partial charge in [0, 0.05) is 37.2 Å². The van der Waals surface area contributed by atoms with E-state index >= 15 is 0 Å². The van der Waals surface area contributed by atoms with Gasteiger partial charge < -0.3 is 10.6 Å². The molecule has 4 rings (SSSR count). The maximum Gasteiger partial charge on any atom is 0.238 e. The molecule has 0 spiro atoms. The van der Waals surface area contributed by atoms with Crippen LogP contribution in [-0.2, 0) is 16.6 Å². The fraction of sp³-hybridized carbons (Fsp3) is 0.100. The first-order valence-corrected chi connectivity index (χ1v) is 10.5. The number of benzene rings is 2. The molecule has 4 aromatic rings. The summed E-state index contributed by atoms with van der Waals surface area (Å²) in [6.45, 7) is 0.467. The van der Waals surface area contributed by atoms with E-state index < -0.39 is 10.0 Å². The molecule has 8 nitrogen and oxygen atoms in total. The van der Waals surface area contributed by atoms with Crippen molar-refractivity contribution in [2.24, 2.45) is 5.14 Å². The Morgan fingerprint density at radius 1 is 1.10 bits per heavy atom. The quantitative estimate of drug-likeness (QED) is 0.452. The number of rotatable bonds is 6. The highest BCUT2D eigenvalue weighted by atomic mass is 32.2. The molecule has 0 saturated heterocycles. The molecule has 0 radical (unpaired) electrons. The monoisotopic (exact) mass is 408 g/mol. The molecular weight excluding hydrogens is 388 g/mol. The van der Waals surface area contributed by atoms with Crippen LogP contribution in [0.5, 0.6) is 0 Å². The predicted molar refractivity (Wildman–Crippen MR) is 113 cm³/mol. The average Bonchev–Trinajstić information content (AvgIpc) is 3.17. The number of sulfonamides is 1. The Bertz CT molecular complexity index is 1270. The van der Waals surface area contributed by atoms with Crippen LogP contribution in [0, 0.1) is 0 Å². The number of imidazole rings is 1. The Labute approximate surface area is 168 Å². The second-order valence-corrected chi connectivity index (χ2v) is 8.05. The third-order valence-corrected chi connectivity index (χ3v) is 5.52. The van der Waals surface area contributed by atoms with E-state index in [0.717, 1.165) is 22.5 Å². The Morgan fingerprint density at radius 3 is 2.62 bits per heavy atom. The fourth-order valence-electron chi connectivity index (χ4n) is 3.07. The normalized spacial score (nSPS) is 11.5. The van der Waals surface area contributed by atoms with Crippen molar-refractivity contribution < 1.29 is 8.42 Å². The van der Waals surface area contributed by atoms with E-state index in [1.165, 1.54) is 12.1 Å². The van der Waals surface area contributed by atoms with Crippen molar-refractivity contribution in [1.29, 1.82) is 0 Å². The van der Waals surface area contributed by atoms with E-state index in [1.54, 1.807) is 18.3 Å². The van der Waals surface area contributed by atoms with Crippen LogP contribution >= 0.6 is 0 Å². The molecule has 0 atom stereocenters. The van der Waals surface area contributed by atoms with Gasteiger partial charge in [0.1, 0.15) is 0 Å². The number of hydrogen-bond donors (Lipinski definition) is 3. The zero-order valence-corrected chi connectivity index (χ0v) is 16.5. The lowest BCUT2D eigenvalue weighted by Gasteiger charge is -2.09. The van der Waals surface area contributed by atoms with Gasteiger partial charge in [-0.2, -0.15) is 0 Å². The molecule has 2 aromatic carbocycles. The highest BCUT2D eigenvalue weighted by Gasteiger charge is 2.11. The summed E-state index contributed by atoms with van der Waals surface area (Å²) in [6.07, 6.45) is 5.40. The van der Waals surface area contributed by atoms with Crippen molar-refractivity contribution in [3.05, 3.63) is 72.7 Å². The molecule has 0 aliphatic rings. The van der Waals surface area contributed by atoms with Crippen LogP contribution in [0.25, 0.3) is 16.9 Å². The number of nitrogens with two attached hydrogens (primary N) is 1. The molecule has 0 unspecified atom stereocenters. The third-order valence-electron chi connectivity index (χ3n) is 4.59. The first kappa shape index (κ1) is 18.9. The molecule has 0 amide bonds. The zero-order chi connectivity index (χ0) is 20.4. The summed E-state index contributed by atoms with van der Waals surface area (Å²) in [5.74, 6) is 0.638. The summed E-state index contributed by atoms with van der Waals surface area (Å²) in [4.78, 5) is 9.01. The zero-order valence-electron chi connectivity index (χ0n) is 15.7. The van der Waals surface area contributed by atoms with Crippen molar-refractivity contribution in [3.63, 3.8) is 0 Å². The molecule has 0 fully saturated rings. The Morgan fingerprint density at radius 2 is 1.90 bits per heavy atom. The number of aromatic nitrogens is 3. The number of primary sulfonamides is 1. The van der Waals surface area contributed by atoms with Gasteiger partial charge in [-0.1, -0.05) is 24.3 Å². The molecule has 29 heavy (non-hydrogen) atoms. The highest BCUT2D eigenvalue weighted by molar-refractivity contribution is 7.89. The summed E-state index contributed by atoms with van der Waals surface area (Å²) in [7, 11) is -1.81. The smallest absolute Gasteiger partial charge is 0.238 e. The molecule has 0 saturated carbocycles. The van der Waals surface area contributed by atoms with Gasteiger partial charge in [0.2, 0.25) is 10.0 Å². The van der Waals surface area contributed by atoms with Gasteiger partial charge in [0.05, 0.1) is 16.8 Å². The molecule has 2 aromatic heterocycles. The van der Waals surface area contributed by atoms with Gasteiger partial charge in [-0.25, -0.2) is 23.5 Å². The minimum Gasteiger partial charge on any atom is -0.388 e. The van der Waals surface area contributed by atoms with E-state index in [9.17, 15) is 8.42 Å². The van der Waals surface area contributed by atoms with Gasteiger partial charge in [-0.3, -0.25) is 4.40 Å². The minimum atomic E-state index is -3.69. The summed E-state index contributed by atoms with van der Waals surface area (Å²) >= 11 is 0. The highest BCUT2D eigenvalue weighted by Crippen LogP contribution is 2.25. The van der Waals surface area contributed by atoms with Crippen molar-refractivity contribution in [2.45, 2.75) is 11.4 Å². The summed E-state index contributed by atoms with van der Waals surface area (Å²) < 4.78 is 24.7. The van der Waals surface area contributed by atoms with Crippen molar-refractivity contribution >= 4 is 27.2 Å². The maximum atomic E-state index is 11.4. The largest absolute Gasteiger partial charge is 0.388 e. The van der Waals surface area contributed by atoms with Crippen LogP contribution in [0.1, 0.15) is 5.56 Å². The van der Waals surface area contributed by atoms with Gasteiger partial charge in [0.25, 0.3) is 0 Å². The Balaban J connectivity index is 1.60. The van der Waals surface area contributed by atoms with E-state index in [0.29, 0.717) is 18.0 Å². The van der Waals surface area contributed by atoms with Gasteiger partial charge in [0.15, 0.2) is 11.5 Å². The van der Waals surface area contributed by atoms with Crippen LogP contribution in [0.4, 0.5) is 11.5 Å². The lowest BCUT2D eigenvalue weighted by Crippen LogP contribution is -2.12. The number of nitrogens with one attached hydrogen (secondary N) is 2. The van der Waals surface area contributed by atoms with E-state index in [2.05, 4.69) is 26.7 Å².